The van der Waals surface area contributed by atoms with E-state index < -0.39 is 5.12 Å². The van der Waals surface area contributed by atoms with Crippen molar-refractivity contribution in [1.82, 2.24) is 0 Å². The molecule has 1 rings (SSSR count). The highest BCUT2D eigenvalue weighted by Crippen LogP contribution is 2.26. The Morgan fingerprint density at radius 2 is 2.18 bits per heavy atom. The van der Waals surface area contributed by atoms with Crippen molar-refractivity contribution in [3.8, 4) is 5.75 Å². The van der Waals surface area contributed by atoms with Crippen LogP contribution in [0.3, 0.4) is 0 Å². The summed E-state index contributed by atoms with van der Waals surface area (Å²) in [6.07, 6.45) is 0. The van der Waals surface area contributed by atoms with Gasteiger partial charge in [-0.2, -0.15) is 0 Å². The predicted molar refractivity (Wildman–Crippen MR) is 49.1 cm³/mol. The molecule has 4 heteroatoms. The number of hydrogen-bond acceptors (Lipinski definition) is 2. The Morgan fingerprint density at radius 1 is 1.55 bits per heavy atom. The molecule has 0 aliphatic rings. The van der Waals surface area contributed by atoms with E-state index in [2.05, 4.69) is 28.6 Å². The first-order valence-corrected chi connectivity index (χ1v) is 4.07. The summed E-state index contributed by atoms with van der Waals surface area (Å²) in [6, 6.07) is 4.75. The zero-order valence-corrected chi connectivity index (χ0v) is 7.89. The molecule has 1 aromatic carbocycles. The largest absolute Gasteiger partial charge is 0.507 e. The normalized spacial score (nSPS) is 9.64. The molecule has 0 aliphatic heterocycles. The average molecular weight is 233 g/mol. The van der Waals surface area contributed by atoms with Gasteiger partial charge in [0.25, 0.3) is 0 Å². The van der Waals surface area contributed by atoms with Crippen LogP contribution >= 0.6 is 28.6 Å². The van der Waals surface area contributed by atoms with Crippen LogP contribution in [0.2, 0.25) is 0 Å². The molecular weight excluding hydrogens is 228 g/mol. The van der Waals surface area contributed by atoms with Crippen molar-refractivity contribution in [3.63, 3.8) is 0 Å². The number of phenols is 1. The Kier molecular flexibility index (Phi) is 2.57. The van der Waals surface area contributed by atoms with Crippen LogP contribution in [0, 0.1) is 0 Å². The van der Waals surface area contributed by atoms with Crippen LogP contribution < -0.4 is 0 Å². The Bertz CT molecular complexity index is 278. The van der Waals surface area contributed by atoms with Crippen molar-refractivity contribution in [2.24, 2.45) is 0 Å². The van der Waals surface area contributed by atoms with Gasteiger partial charge in [-0.25, -0.2) is 0 Å². The van der Waals surface area contributed by atoms with Gasteiger partial charge in [0, 0.05) is 4.47 Å². The fourth-order valence-corrected chi connectivity index (χ4v) is 1.65. The first-order valence-electron chi connectivity index (χ1n) is 2.83. The third-order valence-electron chi connectivity index (χ3n) is 1.21. The molecule has 0 fully saturated rings. The molecule has 0 unspecified atom stereocenters. The number of benzene rings is 1. The van der Waals surface area contributed by atoms with Gasteiger partial charge in [-0.3, -0.25) is 4.79 Å². The van der Waals surface area contributed by atoms with Crippen molar-refractivity contribution < 1.29 is 9.90 Å². The fourth-order valence-electron chi connectivity index (χ4n) is 0.724. The number of halogens is 1. The van der Waals surface area contributed by atoms with Crippen LogP contribution in [-0.4, -0.2) is 10.2 Å². The molecule has 0 aromatic heterocycles. The van der Waals surface area contributed by atoms with Gasteiger partial charge in [-0.15, -0.1) is 12.6 Å². The fraction of sp³-hybridized carbons (Fsp3) is 0. The minimum Gasteiger partial charge on any atom is -0.507 e. The number of rotatable bonds is 1. The van der Waals surface area contributed by atoms with Gasteiger partial charge in [-0.05, 0) is 28.1 Å². The van der Waals surface area contributed by atoms with Crippen molar-refractivity contribution in [1.29, 1.82) is 0 Å². The molecule has 11 heavy (non-hydrogen) atoms. The number of aromatic hydroxyl groups is 1. The maximum Gasteiger partial charge on any atom is 0.221 e. The number of thiol groups is 1. The second kappa shape index (κ2) is 3.28. The molecule has 0 heterocycles. The monoisotopic (exact) mass is 232 g/mol. The minimum atomic E-state index is -0.449. The van der Waals surface area contributed by atoms with Crippen molar-refractivity contribution >= 4 is 33.7 Å². The van der Waals surface area contributed by atoms with Crippen LogP contribution in [0.15, 0.2) is 22.7 Å². The highest BCUT2D eigenvalue weighted by atomic mass is 79.9. The van der Waals surface area contributed by atoms with E-state index in [9.17, 15) is 4.79 Å². The maximum atomic E-state index is 10.8. The van der Waals surface area contributed by atoms with Crippen LogP contribution in [0.1, 0.15) is 10.4 Å². The topological polar surface area (TPSA) is 37.3 Å². The lowest BCUT2D eigenvalue weighted by atomic mass is 10.2. The summed E-state index contributed by atoms with van der Waals surface area (Å²) in [5.74, 6) is -0.0561. The molecule has 0 saturated heterocycles. The van der Waals surface area contributed by atoms with E-state index in [-0.39, 0.29) is 11.3 Å². The summed E-state index contributed by atoms with van der Waals surface area (Å²) in [5, 5.41) is 8.71. The maximum absolute atomic E-state index is 10.8. The van der Waals surface area contributed by atoms with E-state index in [0.29, 0.717) is 4.47 Å². The van der Waals surface area contributed by atoms with E-state index >= 15 is 0 Å². The van der Waals surface area contributed by atoms with Gasteiger partial charge in [0.1, 0.15) is 5.75 Å². The van der Waals surface area contributed by atoms with Crippen LogP contribution in [-0.2, 0) is 0 Å². The molecule has 0 atom stereocenters. The zero-order chi connectivity index (χ0) is 8.43. The SMILES string of the molecule is O=C(S)c1c(O)cccc1Br. The lowest BCUT2D eigenvalue weighted by molar-refractivity contribution is 0.108. The van der Waals surface area contributed by atoms with E-state index in [1.165, 1.54) is 6.07 Å². The second-order valence-electron chi connectivity index (χ2n) is 1.94. The average Bonchev–Trinajstić information content (AvgIpc) is 1.85. The molecule has 2 nitrogen and oxygen atoms in total. The number of carbonyl (C=O) groups is 1. The Balaban J connectivity index is 3.32. The lowest BCUT2D eigenvalue weighted by Crippen LogP contribution is -1.90. The third kappa shape index (κ3) is 1.75. The molecule has 1 aromatic rings. The molecule has 0 saturated carbocycles. The summed E-state index contributed by atoms with van der Waals surface area (Å²) in [7, 11) is 0. The molecule has 0 bridgehead atoms. The van der Waals surface area contributed by atoms with Gasteiger partial charge in [0.2, 0.25) is 5.12 Å². The molecule has 0 amide bonds. The van der Waals surface area contributed by atoms with Gasteiger partial charge in [-0.1, -0.05) is 6.07 Å². The van der Waals surface area contributed by atoms with Gasteiger partial charge >= 0.3 is 0 Å². The second-order valence-corrected chi connectivity index (χ2v) is 3.20. The third-order valence-corrected chi connectivity index (χ3v) is 2.09. The van der Waals surface area contributed by atoms with Gasteiger partial charge < -0.3 is 5.11 Å². The summed E-state index contributed by atoms with van der Waals surface area (Å²) in [6.45, 7) is 0. The van der Waals surface area contributed by atoms with E-state index in [4.69, 9.17) is 5.11 Å². The lowest BCUT2D eigenvalue weighted by Gasteiger charge is -2.00. The summed E-state index contributed by atoms with van der Waals surface area (Å²) in [5.41, 5.74) is 0.204. The number of hydrogen-bond donors (Lipinski definition) is 2. The molecule has 1 N–H and O–H groups in total. The summed E-state index contributed by atoms with van der Waals surface area (Å²) < 4.78 is 0.553. The van der Waals surface area contributed by atoms with E-state index in [1.807, 2.05) is 0 Å². The highest BCUT2D eigenvalue weighted by Gasteiger charge is 2.09. The van der Waals surface area contributed by atoms with Crippen molar-refractivity contribution in [2.75, 3.05) is 0 Å². The number of carbonyl (C=O) groups excluding carboxylic acids is 1. The van der Waals surface area contributed by atoms with Crippen LogP contribution in [0.4, 0.5) is 0 Å². The van der Waals surface area contributed by atoms with Gasteiger partial charge in [0.15, 0.2) is 0 Å². The predicted octanol–water partition coefficient (Wildman–Crippen LogP) is 2.22. The molecule has 0 radical (unpaired) electrons. The van der Waals surface area contributed by atoms with Gasteiger partial charge in [0.05, 0.1) is 5.56 Å². The first-order chi connectivity index (χ1) is 5.13. The Morgan fingerprint density at radius 3 is 2.55 bits per heavy atom. The standard InChI is InChI=1S/C7H5BrO2S/c8-4-2-1-3-5(9)6(4)7(10)11/h1-3,9H,(H,10,11). The van der Waals surface area contributed by atoms with E-state index in [0.717, 1.165) is 0 Å². The smallest absolute Gasteiger partial charge is 0.221 e. The van der Waals surface area contributed by atoms with Crippen LogP contribution in [0.25, 0.3) is 0 Å². The summed E-state index contributed by atoms with van der Waals surface area (Å²) in [4.78, 5) is 10.8. The molecule has 0 aliphatic carbocycles. The first kappa shape index (κ1) is 8.62. The molecular formula is C7H5BrO2S. The molecule has 58 valence electrons. The van der Waals surface area contributed by atoms with Crippen LogP contribution in [0.5, 0.6) is 5.75 Å². The zero-order valence-electron chi connectivity index (χ0n) is 5.41. The quantitative estimate of drug-likeness (QED) is 0.730. The highest BCUT2D eigenvalue weighted by molar-refractivity contribution is 9.10. The minimum absolute atomic E-state index is 0.0561. The van der Waals surface area contributed by atoms with Crippen molar-refractivity contribution in [3.05, 3.63) is 28.2 Å². The number of phenolic OH excluding ortho intramolecular Hbond substituents is 1. The molecule has 0 spiro atoms. The van der Waals surface area contributed by atoms with E-state index in [1.54, 1.807) is 12.1 Å². The van der Waals surface area contributed by atoms with Crippen molar-refractivity contribution in [2.45, 2.75) is 0 Å². The summed E-state index contributed by atoms with van der Waals surface area (Å²) >= 11 is 6.72. The Labute approximate surface area is 77.8 Å². The Hall–Kier alpha value is -0.480.